The molecule has 0 bridgehead atoms. The molecule has 3 rings (SSSR count). The van der Waals surface area contributed by atoms with E-state index in [9.17, 15) is 18.0 Å². The Morgan fingerprint density at radius 1 is 1.10 bits per heavy atom. The highest BCUT2D eigenvalue weighted by molar-refractivity contribution is 5.76. The van der Waals surface area contributed by atoms with Crippen LogP contribution in [-0.4, -0.2) is 48.6 Å². The monoisotopic (exact) mass is 407 g/mol. The molecule has 1 aromatic carbocycles. The van der Waals surface area contributed by atoms with Crippen LogP contribution in [0.4, 0.5) is 19.0 Å². The molecule has 2 aromatic rings. The highest BCUT2D eigenvalue weighted by Gasteiger charge is 2.31. The van der Waals surface area contributed by atoms with Crippen LogP contribution in [0.3, 0.4) is 0 Å². The van der Waals surface area contributed by atoms with E-state index in [2.05, 4.69) is 4.98 Å². The molecule has 1 aromatic heterocycles. The van der Waals surface area contributed by atoms with Crippen LogP contribution in [0.1, 0.15) is 23.1 Å². The molecule has 0 aliphatic carbocycles. The Morgan fingerprint density at radius 2 is 1.83 bits per heavy atom. The van der Waals surface area contributed by atoms with E-state index >= 15 is 0 Å². The quantitative estimate of drug-likeness (QED) is 0.756. The third-order valence-corrected chi connectivity index (χ3v) is 5.16. The van der Waals surface area contributed by atoms with Gasteiger partial charge in [0.1, 0.15) is 11.6 Å². The number of carbonyl (C=O) groups is 1. The average Bonchev–Trinajstić information content (AvgIpc) is 2.70. The molecule has 1 amide bonds. The van der Waals surface area contributed by atoms with Gasteiger partial charge in [-0.2, -0.15) is 13.2 Å². The molecule has 1 fully saturated rings. The summed E-state index contributed by atoms with van der Waals surface area (Å²) < 4.78 is 43.7. The second kappa shape index (κ2) is 8.71. The van der Waals surface area contributed by atoms with Crippen LogP contribution < -0.4 is 9.64 Å². The minimum Gasteiger partial charge on any atom is -0.493 e. The van der Waals surface area contributed by atoms with Crippen molar-refractivity contribution < 1.29 is 22.7 Å². The van der Waals surface area contributed by atoms with Crippen molar-refractivity contribution in [2.45, 2.75) is 26.4 Å². The molecule has 2 heterocycles. The van der Waals surface area contributed by atoms with E-state index in [1.165, 1.54) is 6.07 Å². The number of aryl methyl sites for hydroxylation is 1. The standard InChI is InChI=1S/C21H24F3N3O2/c1-15-4-3-5-18(16(15)2)29-13-8-20(28)27-11-9-26(10-12-27)19-7-6-17(14-25-19)21(22,23)24/h3-7,14H,8-13H2,1-2H3. The van der Waals surface area contributed by atoms with Gasteiger partial charge < -0.3 is 14.5 Å². The van der Waals surface area contributed by atoms with Crippen molar-refractivity contribution >= 4 is 11.7 Å². The van der Waals surface area contributed by atoms with Crippen LogP contribution in [0.2, 0.25) is 0 Å². The number of aromatic nitrogens is 1. The first-order chi connectivity index (χ1) is 13.8. The third kappa shape index (κ3) is 5.19. The van der Waals surface area contributed by atoms with Crippen molar-refractivity contribution in [3.63, 3.8) is 0 Å². The van der Waals surface area contributed by atoms with Crippen molar-refractivity contribution in [2.24, 2.45) is 0 Å². The van der Waals surface area contributed by atoms with Gasteiger partial charge in [0, 0.05) is 32.4 Å². The van der Waals surface area contributed by atoms with Gasteiger partial charge in [-0.25, -0.2) is 4.98 Å². The lowest BCUT2D eigenvalue weighted by Crippen LogP contribution is -2.49. The lowest BCUT2D eigenvalue weighted by molar-refractivity contribution is -0.138. The average molecular weight is 407 g/mol. The zero-order valence-electron chi connectivity index (χ0n) is 16.5. The summed E-state index contributed by atoms with van der Waals surface area (Å²) in [6.07, 6.45) is -3.26. The van der Waals surface area contributed by atoms with Crippen molar-refractivity contribution in [1.29, 1.82) is 0 Å². The molecule has 8 heteroatoms. The fourth-order valence-corrected chi connectivity index (χ4v) is 3.21. The van der Waals surface area contributed by atoms with Gasteiger partial charge in [-0.1, -0.05) is 12.1 Å². The van der Waals surface area contributed by atoms with Gasteiger partial charge in [-0.15, -0.1) is 0 Å². The second-order valence-corrected chi connectivity index (χ2v) is 7.07. The third-order valence-electron chi connectivity index (χ3n) is 5.16. The van der Waals surface area contributed by atoms with E-state index in [1.54, 1.807) is 4.90 Å². The predicted molar refractivity (Wildman–Crippen MR) is 104 cm³/mol. The van der Waals surface area contributed by atoms with Crippen molar-refractivity contribution in [3.05, 3.63) is 53.2 Å². The summed E-state index contributed by atoms with van der Waals surface area (Å²) in [4.78, 5) is 20.0. The Labute approximate surface area is 168 Å². The van der Waals surface area contributed by atoms with Gasteiger partial charge >= 0.3 is 6.18 Å². The molecule has 0 N–H and O–H groups in total. The van der Waals surface area contributed by atoms with Crippen LogP contribution in [-0.2, 0) is 11.0 Å². The number of hydrogen-bond donors (Lipinski definition) is 0. The van der Waals surface area contributed by atoms with Gasteiger partial charge in [0.25, 0.3) is 0 Å². The van der Waals surface area contributed by atoms with E-state index in [-0.39, 0.29) is 12.3 Å². The summed E-state index contributed by atoms with van der Waals surface area (Å²) in [5.74, 6) is 1.29. The zero-order chi connectivity index (χ0) is 21.0. The number of anilines is 1. The Kier molecular flexibility index (Phi) is 6.30. The van der Waals surface area contributed by atoms with Gasteiger partial charge in [-0.05, 0) is 43.2 Å². The fourth-order valence-electron chi connectivity index (χ4n) is 3.21. The maximum Gasteiger partial charge on any atom is 0.417 e. The van der Waals surface area contributed by atoms with Gasteiger partial charge in [0.15, 0.2) is 0 Å². The summed E-state index contributed by atoms with van der Waals surface area (Å²) in [7, 11) is 0. The minimum atomic E-state index is -4.39. The van der Waals surface area contributed by atoms with E-state index in [4.69, 9.17) is 4.74 Å². The number of rotatable bonds is 5. The largest absolute Gasteiger partial charge is 0.493 e. The Bertz CT molecular complexity index is 845. The first kappa shape index (κ1) is 21.0. The molecular formula is C21H24F3N3O2. The molecule has 1 aliphatic heterocycles. The molecule has 1 saturated heterocycles. The number of piperazine rings is 1. The topological polar surface area (TPSA) is 45.7 Å². The molecule has 29 heavy (non-hydrogen) atoms. The molecule has 0 atom stereocenters. The van der Waals surface area contributed by atoms with E-state index in [0.717, 1.165) is 29.1 Å². The normalized spacial score (nSPS) is 14.8. The molecule has 0 radical (unpaired) electrons. The molecule has 0 saturated carbocycles. The summed E-state index contributed by atoms with van der Waals surface area (Å²) >= 11 is 0. The van der Waals surface area contributed by atoms with Crippen LogP contribution in [0.5, 0.6) is 5.75 Å². The second-order valence-electron chi connectivity index (χ2n) is 7.07. The van der Waals surface area contributed by atoms with E-state index in [0.29, 0.717) is 38.6 Å². The maximum absolute atomic E-state index is 12.6. The number of amides is 1. The molecular weight excluding hydrogens is 383 g/mol. The first-order valence-corrected chi connectivity index (χ1v) is 9.50. The summed E-state index contributed by atoms with van der Waals surface area (Å²) in [6.45, 7) is 6.38. The Morgan fingerprint density at radius 3 is 2.45 bits per heavy atom. The van der Waals surface area contributed by atoms with Crippen LogP contribution >= 0.6 is 0 Å². The summed E-state index contributed by atoms with van der Waals surface area (Å²) in [6, 6.07) is 8.23. The number of nitrogens with zero attached hydrogens (tertiary/aromatic N) is 3. The zero-order valence-corrected chi connectivity index (χ0v) is 16.5. The number of carbonyl (C=O) groups excluding carboxylic acids is 1. The Balaban J connectivity index is 1.46. The molecule has 1 aliphatic rings. The van der Waals surface area contributed by atoms with Crippen molar-refractivity contribution in [1.82, 2.24) is 9.88 Å². The van der Waals surface area contributed by atoms with Crippen LogP contribution in [0.15, 0.2) is 36.5 Å². The lowest BCUT2D eigenvalue weighted by Gasteiger charge is -2.35. The Hall–Kier alpha value is -2.77. The predicted octanol–water partition coefficient (Wildman–Crippen LogP) is 3.83. The molecule has 156 valence electrons. The molecule has 0 spiro atoms. The summed E-state index contributed by atoms with van der Waals surface area (Å²) in [5.41, 5.74) is 1.44. The SMILES string of the molecule is Cc1cccc(OCCC(=O)N2CCN(c3ccc(C(F)(F)F)cn3)CC2)c1C. The van der Waals surface area contributed by atoms with Crippen molar-refractivity contribution in [2.75, 3.05) is 37.7 Å². The number of ether oxygens (including phenoxy) is 1. The van der Waals surface area contributed by atoms with Crippen molar-refractivity contribution in [3.8, 4) is 5.75 Å². The number of pyridine rings is 1. The minimum absolute atomic E-state index is 0.00957. The highest BCUT2D eigenvalue weighted by Crippen LogP contribution is 2.29. The number of benzene rings is 1. The van der Waals surface area contributed by atoms with Gasteiger partial charge in [0.2, 0.25) is 5.91 Å². The first-order valence-electron chi connectivity index (χ1n) is 9.50. The number of alkyl halides is 3. The molecule has 5 nitrogen and oxygen atoms in total. The number of halogens is 3. The highest BCUT2D eigenvalue weighted by atomic mass is 19.4. The van der Waals surface area contributed by atoms with Gasteiger partial charge in [-0.3, -0.25) is 4.79 Å². The lowest BCUT2D eigenvalue weighted by atomic mass is 10.1. The fraction of sp³-hybridized carbons (Fsp3) is 0.429. The van der Waals surface area contributed by atoms with E-state index in [1.807, 2.05) is 36.9 Å². The van der Waals surface area contributed by atoms with E-state index < -0.39 is 11.7 Å². The molecule has 0 unspecified atom stereocenters. The number of hydrogen-bond acceptors (Lipinski definition) is 4. The smallest absolute Gasteiger partial charge is 0.417 e. The maximum atomic E-state index is 12.6. The summed E-state index contributed by atoms with van der Waals surface area (Å²) in [5, 5.41) is 0. The van der Waals surface area contributed by atoms with Gasteiger partial charge in [0.05, 0.1) is 18.6 Å². The van der Waals surface area contributed by atoms with Crippen LogP contribution in [0, 0.1) is 13.8 Å². The van der Waals surface area contributed by atoms with Crippen LogP contribution in [0.25, 0.3) is 0 Å².